The summed E-state index contributed by atoms with van der Waals surface area (Å²) in [4.78, 5) is 16.3. The summed E-state index contributed by atoms with van der Waals surface area (Å²) >= 11 is 5.99. The highest BCUT2D eigenvalue weighted by molar-refractivity contribution is 6.31. The van der Waals surface area contributed by atoms with Crippen molar-refractivity contribution in [3.63, 3.8) is 0 Å². The van der Waals surface area contributed by atoms with Crippen LogP contribution < -0.4 is 4.90 Å². The number of hydrogen-bond acceptors (Lipinski definition) is 3. The summed E-state index contributed by atoms with van der Waals surface area (Å²) in [5.74, 6) is -0.333. The lowest BCUT2D eigenvalue weighted by molar-refractivity contribution is -0.130. The van der Waals surface area contributed by atoms with Gasteiger partial charge in [-0.25, -0.2) is 4.39 Å². The maximum Gasteiger partial charge on any atom is 0.227 e. The molecule has 2 aromatic rings. The monoisotopic (exact) mass is 348 g/mol. The summed E-state index contributed by atoms with van der Waals surface area (Å²) in [5, 5.41) is 9.63. The third-order valence-electron chi connectivity index (χ3n) is 4.24. The number of hydrogen-bond donors (Lipinski definition) is 1. The zero-order valence-electron chi connectivity index (χ0n) is 13.1. The van der Waals surface area contributed by atoms with Crippen LogP contribution in [0.25, 0.3) is 0 Å². The maximum absolute atomic E-state index is 13.8. The zero-order valence-corrected chi connectivity index (χ0v) is 13.8. The molecule has 0 bridgehead atoms. The minimum atomic E-state index is -0.446. The van der Waals surface area contributed by atoms with Gasteiger partial charge < -0.3 is 14.9 Å². The van der Waals surface area contributed by atoms with Crippen molar-refractivity contribution in [1.82, 2.24) is 4.90 Å². The molecule has 4 nitrogen and oxygen atoms in total. The number of phenols is 1. The quantitative estimate of drug-likeness (QED) is 0.927. The van der Waals surface area contributed by atoms with Crippen molar-refractivity contribution in [1.29, 1.82) is 0 Å². The molecule has 1 fully saturated rings. The lowest BCUT2D eigenvalue weighted by Gasteiger charge is -2.36. The molecule has 0 atom stereocenters. The highest BCUT2D eigenvalue weighted by atomic mass is 35.5. The Morgan fingerprint density at radius 1 is 1.08 bits per heavy atom. The van der Waals surface area contributed by atoms with Crippen LogP contribution in [0.15, 0.2) is 42.5 Å². The van der Waals surface area contributed by atoms with Crippen LogP contribution in [0.2, 0.25) is 5.02 Å². The summed E-state index contributed by atoms with van der Waals surface area (Å²) in [6.45, 7) is 2.54. The van der Waals surface area contributed by atoms with E-state index in [4.69, 9.17) is 11.6 Å². The van der Waals surface area contributed by atoms with Crippen molar-refractivity contribution in [2.24, 2.45) is 0 Å². The third-order valence-corrected chi connectivity index (χ3v) is 4.59. The second-order valence-corrected chi connectivity index (χ2v) is 6.17. The normalized spacial score (nSPS) is 14.8. The molecule has 1 heterocycles. The zero-order chi connectivity index (χ0) is 17.1. The second kappa shape index (κ2) is 7.09. The Morgan fingerprint density at radius 2 is 1.75 bits per heavy atom. The summed E-state index contributed by atoms with van der Waals surface area (Å²) < 4.78 is 13.8. The topological polar surface area (TPSA) is 43.8 Å². The molecule has 0 unspecified atom stereocenters. The second-order valence-electron chi connectivity index (χ2n) is 5.76. The first-order chi connectivity index (χ1) is 11.5. The number of piperazine rings is 1. The molecule has 1 aliphatic heterocycles. The Hall–Kier alpha value is -2.27. The van der Waals surface area contributed by atoms with Gasteiger partial charge in [-0.05, 0) is 36.4 Å². The number of benzene rings is 2. The first-order valence-corrected chi connectivity index (χ1v) is 8.17. The van der Waals surface area contributed by atoms with Crippen molar-refractivity contribution >= 4 is 23.2 Å². The minimum Gasteiger partial charge on any atom is -0.508 e. The van der Waals surface area contributed by atoms with Gasteiger partial charge in [0.2, 0.25) is 5.91 Å². The summed E-state index contributed by atoms with van der Waals surface area (Å²) in [6.07, 6.45) is -0.0231. The van der Waals surface area contributed by atoms with Gasteiger partial charge in [-0.1, -0.05) is 17.7 Å². The fourth-order valence-corrected chi connectivity index (χ4v) is 3.07. The molecular weight excluding hydrogens is 331 g/mol. The number of phenolic OH excluding ortho intramolecular Hbond substituents is 1. The summed E-state index contributed by atoms with van der Waals surface area (Å²) in [5.41, 5.74) is 1.27. The van der Waals surface area contributed by atoms with E-state index in [9.17, 15) is 14.3 Å². The lowest BCUT2D eigenvalue weighted by Crippen LogP contribution is -2.49. The van der Waals surface area contributed by atoms with E-state index in [1.807, 2.05) is 12.1 Å². The Morgan fingerprint density at radius 3 is 2.38 bits per heavy atom. The molecule has 1 N–H and O–H groups in total. The van der Waals surface area contributed by atoms with Crippen molar-refractivity contribution in [2.45, 2.75) is 6.42 Å². The van der Waals surface area contributed by atoms with Crippen LogP contribution in [0.4, 0.5) is 10.1 Å². The Balaban J connectivity index is 1.60. The molecule has 3 rings (SSSR count). The number of halogens is 2. The SMILES string of the molecule is O=C(Cc1c(F)cccc1Cl)N1CCN(c2ccc(O)cc2)CC1. The molecule has 24 heavy (non-hydrogen) atoms. The number of nitrogens with zero attached hydrogens (tertiary/aromatic N) is 2. The van der Waals surface area contributed by atoms with Gasteiger partial charge in [-0.3, -0.25) is 4.79 Å². The first-order valence-electron chi connectivity index (χ1n) is 7.79. The predicted octanol–water partition coefficient (Wildman–Crippen LogP) is 3.08. The maximum atomic E-state index is 13.8. The molecular formula is C18H18ClFN2O2. The average molecular weight is 349 g/mol. The molecule has 2 aromatic carbocycles. The predicted molar refractivity (Wildman–Crippen MR) is 92.0 cm³/mol. The van der Waals surface area contributed by atoms with E-state index >= 15 is 0 Å². The van der Waals surface area contributed by atoms with Gasteiger partial charge in [-0.2, -0.15) is 0 Å². The van der Waals surface area contributed by atoms with Crippen LogP contribution in [0.3, 0.4) is 0 Å². The fourth-order valence-electron chi connectivity index (χ4n) is 2.84. The van der Waals surface area contributed by atoms with E-state index < -0.39 is 5.82 Å². The van der Waals surface area contributed by atoms with Crippen LogP contribution in [-0.2, 0) is 11.2 Å². The lowest BCUT2D eigenvalue weighted by atomic mass is 10.1. The number of aromatic hydroxyl groups is 1. The van der Waals surface area contributed by atoms with Gasteiger partial charge in [0.1, 0.15) is 11.6 Å². The van der Waals surface area contributed by atoms with Crippen molar-refractivity contribution in [3.8, 4) is 5.75 Å². The minimum absolute atomic E-state index is 0.0231. The van der Waals surface area contributed by atoms with E-state index in [0.717, 1.165) is 5.69 Å². The molecule has 1 saturated heterocycles. The molecule has 126 valence electrons. The van der Waals surface area contributed by atoms with Crippen LogP contribution in [0, 0.1) is 5.82 Å². The standard InChI is InChI=1S/C18H18ClFN2O2/c19-16-2-1-3-17(20)15(16)12-18(24)22-10-8-21(9-11-22)13-4-6-14(23)7-5-13/h1-7,23H,8-12H2. The van der Waals surface area contributed by atoms with E-state index in [0.29, 0.717) is 26.2 Å². The van der Waals surface area contributed by atoms with Gasteiger partial charge in [-0.15, -0.1) is 0 Å². The molecule has 1 aliphatic rings. The largest absolute Gasteiger partial charge is 0.508 e. The van der Waals surface area contributed by atoms with E-state index in [1.165, 1.54) is 12.1 Å². The third kappa shape index (κ3) is 3.62. The van der Waals surface area contributed by atoms with Gasteiger partial charge in [0.25, 0.3) is 0 Å². The Labute approximate surface area is 145 Å². The number of rotatable bonds is 3. The number of carbonyl (C=O) groups excluding carboxylic acids is 1. The van der Waals surface area contributed by atoms with E-state index in [-0.39, 0.29) is 28.7 Å². The van der Waals surface area contributed by atoms with Crippen molar-refractivity contribution in [2.75, 3.05) is 31.1 Å². The van der Waals surface area contributed by atoms with Gasteiger partial charge in [0, 0.05) is 42.5 Å². The molecule has 0 aromatic heterocycles. The van der Waals surface area contributed by atoms with Gasteiger partial charge in [0.15, 0.2) is 0 Å². The number of anilines is 1. The molecule has 6 heteroatoms. The fraction of sp³-hybridized carbons (Fsp3) is 0.278. The van der Waals surface area contributed by atoms with Gasteiger partial charge in [0.05, 0.1) is 6.42 Å². The Kier molecular flexibility index (Phi) is 4.90. The molecule has 0 radical (unpaired) electrons. The molecule has 0 aliphatic carbocycles. The average Bonchev–Trinajstić information content (AvgIpc) is 2.59. The summed E-state index contributed by atoms with van der Waals surface area (Å²) in [7, 11) is 0. The van der Waals surface area contributed by atoms with Crippen molar-refractivity contribution in [3.05, 3.63) is 58.9 Å². The first kappa shape index (κ1) is 16.6. The van der Waals surface area contributed by atoms with Crippen LogP contribution in [0.1, 0.15) is 5.56 Å². The van der Waals surface area contributed by atoms with E-state index in [1.54, 1.807) is 23.1 Å². The van der Waals surface area contributed by atoms with Gasteiger partial charge >= 0.3 is 0 Å². The van der Waals surface area contributed by atoms with E-state index in [2.05, 4.69) is 4.90 Å². The van der Waals surface area contributed by atoms with Crippen LogP contribution in [0.5, 0.6) is 5.75 Å². The Bertz CT molecular complexity index is 708. The number of carbonyl (C=O) groups is 1. The summed E-state index contributed by atoms with van der Waals surface area (Å²) in [6, 6.07) is 11.4. The number of amides is 1. The van der Waals surface area contributed by atoms with Crippen LogP contribution >= 0.6 is 11.6 Å². The highest BCUT2D eigenvalue weighted by Gasteiger charge is 2.23. The van der Waals surface area contributed by atoms with Crippen molar-refractivity contribution < 1.29 is 14.3 Å². The molecule has 1 amide bonds. The van der Waals surface area contributed by atoms with Crippen LogP contribution in [-0.4, -0.2) is 42.1 Å². The smallest absolute Gasteiger partial charge is 0.227 e. The highest BCUT2D eigenvalue weighted by Crippen LogP contribution is 2.22. The molecule has 0 saturated carbocycles. The molecule has 0 spiro atoms.